The molecule has 3 rings (SSSR count). The van der Waals surface area contributed by atoms with Crippen molar-refractivity contribution in [2.75, 3.05) is 69.7 Å². The van der Waals surface area contributed by atoms with Crippen LogP contribution < -0.4 is 9.80 Å². The number of carbonyl (C=O) groups excluding carboxylic acids is 1. The first-order chi connectivity index (χ1) is 11.6. The molecule has 24 heavy (non-hydrogen) atoms. The van der Waals surface area contributed by atoms with E-state index in [1.807, 2.05) is 18.0 Å². The molecule has 0 saturated carbocycles. The summed E-state index contributed by atoms with van der Waals surface area (Å²) in [7, 11) is 4.03. The second-order valence-electron chi connectivity index (χ2n) is 6.93. The molecule has 7 heteroatoms. The van der Waals surface area contributed by atoms with Gasteiger partial charge in [-0.05, 0) is 25.9 Å². The fourth-order valence-electron chi connectivity index (χ4n) is 3.40. The highest BCUT2D eigenvalue weighted by molar-refractivity contribution is 5.82. The van der Waals surface area contributed by atoms with Gasteiger partial charge in [0, 0.05) is 45.8 Å². The Hall–Kier alpha value is -1.89. The Labute approximate surface area is 144 Å². The van der Waals surface area contributed by atoms with Crippen molar-refractivity contribution in [1.82, 2.24) is 19.8 Å². The van der Waals surface area contributed by atoms with Crippen LogP contribution in [0.5, 0.6) is 0 Å². The molecule has 1 atom stereocenters. The zero-order valence-corrected chi connectivity index (χ0v) is 15.0. The van der Waals surface area contributed by atoms with Gasteiger partial charge in [0.25, 0.3) is 0 Å². The highest BCUT2D eigenvalue weighted by Crippen LogP contribution is 2.25. The number of amides is 1. The average Bonchev–Trinajstić information content (AvgIpc) is 3.06. The summed E-state index contributed by atoms with van der Waals surface area (Å²) in [5.41, 5.74) is 0. The minimum Gasteiger partial charge on any atom is -0.356 e. The molecule has 0 N–H and O–H groups in total. The van der Waals surface area contributed by atoms with Crippen molar-refractivity contribution in [2.45, 2.75) is 13.3 Å². The predicted molar refractivity (Wildman–Crippen MR) is 95.4 cm³/mol. The van der Waals surface area contributed by atoms with E-state index in [2.05, 4.69) is 33.7 Å². The van der Waals surface area contributed by atoms with Gasteiger partial charge < -0.3 is 19.6 Å². The van der Waals surface area contributed by atoms with Crippen LogP contribution in [0.4, 0.5) is 11.6 Å². The number of anilines is 2. The van der Waals surface area contributed by atoms with E-state index in [0.29, 0.717) is 12.5 Å². The highest BCUT2D eigenvalue weighted by Gasteiger charge is 2.26. The van der Waals surface area contributed by atoms with Gasteiger partial charge in [-0.15, -0.1) is 0 Å². The number of rotatable bonds is 5. The maximum atomic E-state index is 11.9. The summed E-state index contributed by atoms with van der Waals surface area (Å²) in [6, 6.07) is 2.03. The van der Waals surface area contributed by atoms with Crippen molar-refractivity contribution in [2.24, 2.45) is 5.92 Å². The molecule has 7 nitrogen and oxygen atoms in total. The summed E-state index contributed by atoms with van der Waals surface area (Å²) in [4.78, 5) is 29.3. The Kier molecular flexibility index (Phi) is 5.18. The number of nitrogens with zero attached hydrogens (tertiary/aromatic N) is 6. The molecular weight excluding hydrogens is 304 g/mol. The van der Waals surface area contributed by atoms with Crippen LogP contribution >= 0.6 is 0 Å². The molecule has 3 heterocycles. The van der Waals surface area contributed by atoms with Gasteiger partial charge in [0.2, 0.25) is 5.91 Å². The lowest BCUT2D eigenvalue weighted by Crippen LogP contribution is -2.48. The Morgan fingerprint density at radius 1 is 1.21 bits per heavy atom. The zero-order valence-electron chi connectivity index (χ0n) is 15.0. The van der Waals surface area contributed by atoms with E-state index in [4.69, 9.17) is 0 Å². The van der Waals surface area contributed by atoms with E-state index in [0.717, 1.165) is 50.9 Å². The van der Waals surface area contributed by atoms with Crippen molar-refractivity contribution < 1.29 is 4.79 Å². The third-order valence-electron chi connectivity index (χ3n) is 5.14. The van der Waals surface area contributed by atoms with Crippen LogP contribution in [0.1, 0.15) is 13.3 Å². The maximum Gasteiger partial charge on any atom is 0.241 e. The lowest BCUT2D eigenvalue weighted by molar-refractivity contribution is -0.129. The Morgan fingerprint density at radius 2 is 1.96 bits per heavy atom. The quantitative estimate of drug-likeness (QED) is 0.784. The first kappa shape index (κ1) is 17.0. The fraction of sp³-hybridized carbons (Fsp3) is 0.706. The van der Waals surface area contributed by atoms with Gasteiger partial charge in [0.1, 0.15) is 18.0 Å². The minimum atomic E-state index is 0.144. The molecule has 0 radical (unpaired) electrons. The molecular formula is C17H28N6O. The lowest BCUT2D eigenvalue weighted by Gasteiger charge is -2.33. The zero-order chi connectivity index (χ0) is 17.1. The van der Waals surface area contributed by atoms with Gasteiger partial charge in [0.15, 0.2) is 0 Å². The first-order valence-corrected chi connectivity index (χ1v) is 8.81. The van der Waals surface area contributed by atoms with Crippen LogP contribution in [0.15, 0.2) is 12.4 Å². The number of carbonyl (C=O) groups is 1. The topological polar surface area (TPSA) is 55.8 Å². The van der Waals surface area contributed by atoms with Crippen LogP contribution in [-0.2, 0) is 4.79 Å². The minimum absolute atomic E-state index is 0.144. The number of likely N-dealkylation sites (N-methyl/N-ethyl adjacent to an activating group) is 1. The van der Waals surface area contributed by atoms with Gasteiger partial charge in [-0.1, -0.05) is 6.92 Å². The van der Waals surface area contributed by atoms with Crippen LogP contribution in [0, 0.1) is 5.92 Å². The molecule has 2 aliphatic rings. The van der Waals surface area contributed by atoms with E-state index in [1.165, 1.54) is 6.42 Å². The Bertz CT molecular complexity index is 580. The number of hydrogen-bond donors (Lipinski definition) is 0. The summed E-state index contributed by atoms with van der Waals surface area (Å²) in [6.07, 6.45) is 2.83. The molecule has 1 aromatic heterocycles. The number of piperazine rings is 1. The molecule has 132 valence electrons. The van der Waals surface area contributed by atoms with Crippen molar-refractivity contribution in [1.29, 1.82) is 0 Å². The summed E-state index contributed by atoms with van der Waals surface area (Å²) in [5.74, 6) is 2.67. The van der Waals surface area contributed by atoms with Gasteiger partial charge >= 0.3 is 0 Å². The monoisotopic (exact) mass is 332 g/mol. The SMILES string of the molecule is CCN(C)CC1CCN(c2cc(N3CCN(C)C(=O)C3)ncn2)C1. The number of aromatic nitrogens is 2. The molecule has 0 bridgehead atoms. The molecule has 1 amide bonds. The third-order valence-corrected chi connectivity index (χ3v) is 5.14. The van der Waals surface area contributed by atoms with Gasteiger partial charge in [-0.2, -0.15) is 0 Å². The molecule has 0 aromatic carbocycles. The van der Waals surface area contributed by atoms with Crippen LogP contribution in [0.3, 0.4) is 0 Å². The van der Waals surface area contributed by atoms with Crippen LogP contribution in [0.2, 0.25) is 0 Å². The Morgan fingerprint density at radius 3 is 2.67 bits per heavy atom. The number of hydrogen-bond acceptors (Lipinski definition) is 6. The standard InChI is InChI=1S/C17H28N6O/c1-4-20(2)10-14-5-6-22(11-14)15-9-16(19-13-18-15)23-8-7-21(3)17(24)12-23/h9,13-14H,4-8,10-12H2,1-3H3. The van der Waals surface area contributed by atoms with E-state index < -0.39 is 0 Å². The molecule has 2 saturated heterocycles. The summed E-state index contributed by atoms with van der Waals surface area (Å²) >= 11 is 0. The molecule has 2 fully saturated rings. The maximum absolute atomic E-state index is 11.9. The van der Waals surface area contributed by atoms with Gasteiger partial charge in [-0.3, -0.25) is 4.79 Å². The van der Waals surface area contributed by atoms with Crippen molar-refractivity contribution in [3.05, 3.63) is 12.4 Å². The second kappa shape index (κ2) is 7.34. The van der Waals surface area contributed by atoms with Crippen LogP contribution in [0.25, 0.3) is 0 Å². The highest BCUT2D eigenvalue weighted by atomic mass is 16.2. The van der Waals surface area contributed by atoms with E-state index in [1.54, 1.807) is 11.2 Å². The third kappa shape index (κ3) is 3.77. The first-order valence-electron chi connectivity index (χ1n) is 8.81. The summed E-state index contributed by atoms with van der Waals surface area (Å²) in [6.45, 7) is 8.47. The van der Waals surface area contributed by atoms with Gasteiger partial charge in [0.05, 0.1) is 6.54 Å². The smallest absolute Gasteiger partial charge is 0.241 e. The normalized spacial score (nSPS) is 21.9. The second-order valence-corrected chi connectivity index (χ2v) is 6.93. The summed E-state index contributed by atoms with van der Waals surface area (Å²) < 4.78 is 0. The van der Waals surface area contributed by atoms with Gasteiger partial charge in [-0.25, -0.2) is 9.97 Å². The van der Waals surface area contributed by atoms with Crippen molar-refractivity contribution in [3.63, 3.8) is 0 Å². The largest absolute Gasteiger partial charge is 0.356 e. The summed E-state index contributed by atoms with van der Waals surface area (Å²) in [5, 5.41) is 0. The fourth-order valence-corrected chi connectivity index (χ4v) is 3.40. The molecule has 1 aromatic rings. The Balaban J connectivity index is 1.65. The average molecular weight is 332 g/mol. The van der Waals surface area contributed by atoms with Crippen molar-refractivity contribution >= 4 is 17.5 Å². The van der Waals surface area contributed by atoms with E-state index in [-0.39, 0.29) is 5.91 Å². The lowest BCUT2D eigenvalue weighted by atomic mass is 10.1. The molecule has 0 spiro atoms. The molecule has 2 aliphatic heterocycles. The van der Waals surface area contributed by atoms with E-state index in [9.17, 15) is 4.79 Å². The van der Waals surface area contributed by atoms with Crippen LogP contribution in [-0.4, -0.2) is 85.6 Å². The predicted octanol–water partition coefficient (Wildman–Crippen LogP) is 0.533. The molecule has 0 aliphatic carbocycles. The van der Waals surface area contributed by atoms with E-state index >= 15 is 0 Å². The van der Waals surface area contributed by atoms with Crippen molar-refractivity contribution in [3.8, 4) is 0 Å². The molecule has 1 unspecified atom stereocenters.